The second-order valence-corrected chi connectivity index (χ2v) is 5.96. The Hall–Kier alpha value is -2.82. The summed E-state index contributed by atoms with van der Waals surface area (Å²) in [5.41, 5.74) is 3.97. The van der Waals surface area contributed by atoms with Crippen molar-refractivity contribution in [2.45, 2.75) is 26.9 Å². The van der Waals surface area contributed by atoms with E-state index in [0.29, 0.717) is 12.1 Å². The summed E-state index contributed by atoms with van der Waals surface area (Å²) in [7, 11) is 0. The van der Waals surface area contributed by atoms with E-state index in [4.69, 9.17) is 0 Å². The van der Waals surface area contributed by atoms with Gasteiger partial charge in [-0.2, -0.15) is 5.10 Å². The first kappa shape index (κ1) is 16.1. The molecule has 0 bridgehead atoms. The first-order valence-corrected chi connectivity index (χ1v) is 8.11. The maximum absolute atomic E-state index is 12.2. The largest absolute Gasteiger partial charge is 0.353 e. The van der Waals surface area contributed by atoms with Gasteiger partial charge in [0.25, 0.3) is 5.91 Å². The summed E-state index contributed by atoms with van der Waals surface area (Å²) in [5.74, 6) is -0.0418. The highest BCUT2D eigenvalue weighted by atomic mass is 16.1. The third-order valence-electron chi connectivity index (χ3n) is 3.97. The van der Waals surface area contributed by atoms with Crippen molar-refractivity contribution in [2.24, 2.45) is 0 Å². The SMILES string of the molecule is Cc1cc(C)n(Cc2ccc(C(=O)NCCn3cccc3)cc2)n1. The van der Waals surface area contributed by atoms with Crippen molar-refractivity contribution in [3.8, 4) is 0 Å². The minimum absolute atomic E-state index is 0.0418. The molecular weight excluding hydrogens is 300 g/mol. The molecule has 0 aliphatic carbocycles. The van der Waals surface area contributed by atoms with Crippen molar-refractivity contribution >= 4 is 5.91 Å². The lowest BCUT2D eigenvalue weighted by atomic mass is 10.1. The molecule has 0 saturated heterocycles. The lowest BCUT2D eigenvalue weighted by molar-refractivity contribution is 0.0952. The van der Waals surface area contributed by atoms with Gasteiger partial charge in [-0.25, -0.2) is 0 Å². The quantitative estimate of drug-likeness (QED) is 0.759. The minimum atomic E-state index is -0.0418. The number of carbonyl (C=O) groups is 1. The second-order valence-electron chi connectivity index (χ2n) is 5.96. The van der Waals surface area contributed by atoms with Gasteiger partial charge >= 0.3 is 0 Å². The van der Waals surface area contributed by atoms with E-state index >= 15 is 0 Å². The van der Waals surface area contributed by atoms with Crippen molar-refractivity contribution in [3.05, 3.63) is 77.4 Å². The number of aryl methyl sites for hydroxylation is 2. The number of amides is 1. The van der Waals surface area contributed by atoms with Crippen LogP contribution in [-0.4, -0.2) is 26.8 Å². The van der Waals surface area contributed by atoms with Crippen molar-refractivity contribution in [1.29, 1.82) is 0 Å². The van der Waals surface area contributed by atoms with Crippen LogP contribution in [-0.2, 0) is 13.1 Å². The number of carbonyl (C=O) groups excluding carboxylic acids is 1. The van der Waals surface area contributed by atoms with Crippen molar-refractivity contribution < 1.29 is 4.79 Å². The zero-order chi connectivity index (χ0) is 16.9. The molecule has 24 heavy (non-hydrogen) atoms. The van der Waals surface area contributed by atoms with E-state index in [-0.39, 0.29) is 5.91 Å². The van der Waals surface area contributed by atoms with Crippen molar-refractivity contribution in [3.63, 3.8) is 0 Å². The number of aromatic nitrogens is 3. The molecule has 5 heteroatoms. The predicted octanol–water partition coefficient (Wildman–Crippen LogP) is 2.78. The van der Waals surface area contributed by atoms with E-state index in [2.05, 4.69) is 16.5 Å². The molecule has 1 aromatic carbocycles. The topological polar surface area (TPSA) is 51.9 Å². The Morgan fingerprint density at radius 3 is 2.46 bits per heavy atom. The van der Waals surface area contributed by atoms with E-state index in [9.17, 15) is 4.79 Å². The number of nitrogens with one attached hydrogen (secondary N) is 1. The molecule has 1 amide bonds. The van der Waals surface area contributed by atoms with E-state index in [0.717, 1.165) is 30.0 Å². The van der Waals surface area contributed by atoms with Crippen LogP contribution in [0.1, 0.15) is 27.3 Å². The molecule has 3 aromatic rings. The molecule has 0 unspecified atom stereocenters. The number of rotatable bonds is 6. The first-order valence-electron chi connectivity index (χ1n) is 8.11. The summed E-state index contributed by atoms with van der Waals surface area (Å²) in [6.45, 7) is 6.14. The van der Waals surface area contributed by atoms with Gasteiger partial charge in [0.05, 0.1) is 12.2 Å². The standard InChI is InChI=1S/C19H22N4O/c1-15-13-16(2)23(21-15)14-17-5-7-18(8-6-17)19(24)20-9-12-22-10-3-4-11-22/h3-8,10-11,13H,9,12,14H2,1-2H3,(H,20,24). The average Bonchev–Trinajstić information content (AvgIpc) is 3.18. The van der Waals surface area contributed by atoms with Gasteiger partial charge in [0.1, 0.15) is 0 Å². The number of benzene rings is 1. The van der Waals surface area contributed by atoms with Gasteiger partial charge in [-0.05, 0) is 49.7 Å². The lowest BCUT2D eigenvalue weighted by Gasteiger charge is -2.08. The molecule has 0 atom stereocenters. The summed E-state index contributed by atoms with van der Waals surface area (Å²) < 4.78 is 4.01. The summed E-state index contributed by atoms with van der Waals surface area (Å²) in [4.78, 5) is 12.2. The number of nitrogens with zero attached hydrogens (tertiary/aromatic N) is 3. The Kier molecular flexibility index (Phi) is 4.79. The molecule has 1 N–H and O–H groups in total. The van der Waals surface area contributed by atoms with Gasteiger partial charge in [0, 0.05) is 36.7 Å². The predicted molar refractivity (Wildman–Crippen MR) is 94.0 cm³/mol. The Morgan fingerprint density at radius 2 is 1.83 bits per heavy atom. The summed E-state index contributed by atoms with van der Waals surface area (Å²) in [6, 6.07) is 13.7. The third-order valence-corrected chi connectivity index (χ3v) is 3.97. The van der Waals surface area contributed by atoms with E-state index in [1.165, 1.54) is 0 Å². The van der Waals surface area contributed by atoms with Crippen LogP contribution in [0.2, 0.25) is 0 Å². The van der Waals surface area contributed by atoms with Crippen LogP contribution in [0.4, 0.5) is 0 Å². The van der Waals surface area contributed by atoms with E-state index in [1.54, 1.807) is 0 Å². The van der Waals surface area contributed by atoms with Gasteiger partial charge in [0.2, 0.25) is 0 Å². The molecule has 2 aromatic heterocycles. The van der Waals surface area contributed by atoms with Crippen LogP contribution in [0.25, 0.3) is 0 Å². The Morgan fingerprint density at radius 1 is 1.12 bits per heavy atom. The summed E-state index contributed by atoms with van der Waals surface area (Å²) in [5, 5.41) is 7.40. The van der Waals surface area contributed by atoms with Crippen LogP contribution in [0.15, 0.2) is 54.9 Å². The Bertz CT molecular complexity index is 801. The second kappa shape index (κ2) is 7.17. The van der Waals surface area contributed by atoms with Gasteiger partial charge in [0.15, 0.2) is 0 Å². The highest BCUT2D eigenvalue weighted by Gasteiger charge is 2.06. The molecule has 0 spiro atoms. The summed E-state index contributed by atoms with van der Waals surface area (Å²) >= 11 is 0. The molecule has 3 rings (SSSR count). The van der Waals surface area contributed by atoms with Gasteiger partial charge in [-0.3, -0.25) is 9.48 Å². The van der Waals surface area contributed by atoms with E-state index < -0.39 is 0 Å². The van der Waals surface area contributed by atoms with Crippen LogP contribution >= 0.6 is 0 Å². The van der Waals surface area contributed by atoms with Gasteiger partial charge < -0.3 is 9.88 Å². The minimum Gasteiger partial charge on any atom is -0.353 e. The van der Waals surface area contributed by atoms with E-state index in [1.807, 2.05) is 71.9 Å². The summed E-state index contributed by atoms with van der Waals surface area (Å²) in [6.07, 6.45) is 3.97. The van der Waals surface area contributed by atoms with Gasteiger partial charge in [-0.1, -0.05) is 12.1 Å². The Labute approximate surface area is 141 Å². The number of hydrogen-bond acceptors (Lipinski definition) is 2. The fourth-order valence-electron chi connectivity index (χ4n) is 2.69. The maximum Gasteiger partial charge on any atom is 0.251 e. The molecule has 2 heterocycles. The third kappa shape index (κ3) is 3.93. The molecule has 124 valence electrons. The molecular formula is C19H22N4O. The van der Waals surface area contributed by atoms with Gasteiger partial charge in [-0.15, -0.1) is 0 Å². The molecule has 0 aliphatic rings. The van der Waals surface area contributed by atoms with Crippen LogP contribution in [0.3, 0.4) is 0 Å². The smallest absolute Gasteiger partial charge is 0.251 e. The monoisotopic (exact) mass is 322 g/mol. The highest BCUT2D eigenvalue weighted by molar-refractivity contribution is 5.94. The van der Waals surface area contributed by atoms with Crippen LogP contribution in [0.5, 0.6) is 0 Å². The van der Waals surface area contributed by atoms with Crippen LogP contribution < -0.4 is 5.32 Å². The zero-order valence-corrected chi connectivity index (χ0v) is 14.1. The normalized spacial score (nSPS) is 10.8. The molecule has 0 fully saturated rings. The zero-order valence-electron chi connectivity index (χ0n) is 14.1. The molecule has 5 nitrogen and oxygen atoms in total. The van der Waals surface area contributed by atoms with Crippen LogP contribution in [0, 0.1) is 13.8 Å². The fourth-order valence-corrected chi connectivity index (χ4v) is 2.69. The molecule has 0 radical (unpaired) electrons. The maximum atomic E-state index is 12.2. The van der Waals surface area contributed by atoms with Crippen molar-refractivity contribution in [2.75, 3.05) is 6.54 Å². The fraction of sp³-hybridized carbons (Fsp3) is 0.263. The average molecular weight is 322 g/mol. The molecule has 0 saturated carbocycles. The Balaban J connectivity index is 1.55. The van der Waals surface area contributed by atoms with Crippen molar-refractivity contribution in [1.82, 2.24) is 19.7 Å². The molecule has 0 aliphatic heterocycles. The number of hydrogen-bond donors (Lipinski definition) is 1. The highest BCUT2D eigenvalue weighted by Crippen LogP contribution is 2.09. The lowest BCUT2D eigenvalue weighted by Crippen LogP contribution is -2.26. The first-order chi connectivity index (χ1) is 11.6.